The first-order valence-corrected chi connectivity index (χ1v) is 33.3. The first-order valence-electron chi connectivity index (χ1n) is 33.3. The third-order valence-corrected chi connectivity index (χ3v) is 14.8. The van der Waals surface area contributed by atoms with Gasteiger partial charge in [0.15, 0.2) is 6.10 Å². The van der Waals surface area contributed by atoms with E-state index in [9.17, 15) is 14.4 Å². The molecule has 442 valence electrons. The van der Waals surface area contributed by atoms with Gasteiger partial charge in [0.05, 0.1) is 0 Å². The summed E-state index contributed by atoms with van der Waals surface area (Å²) in [6, 6.07) is 0. The molecular weight excluding hydrogens is 937 g/mol. The maximum absolute atomic E-state index is 12.9. The Labute approximate surface area is 472 Å². The van der Waals surface area contributed by atoms with Crippen LogP contribution in [0.15, 0.2) is 60.8 Å². The lowest BCUT2D eigenvalue weighted by molar-refractivity contribution is -0.167. The van der Waals surface area contributed by atoms with Gasteiger partial charge in [0, 0.05) is 19.3 Å². The summed E-state index contributed by atoms with van der Waals surface area (Å²) in [5.41, 5.74) is 0. The molecule has 0 N–H and O–H groups in total. The maximum atomic E-state index is 12.9. The molecule has 0 fully saturated rings. The van der Waals surface area contributed by atoms with Crippen LogP contribution < -0.4 is 0 Å². The van der Waals surface area contributed by atoms with Gasteiger partial charge in [0.1, 0.15) is 13.2 Å². The lowest BCUT2D eigenvalue weighted by Gasteiger charge is -2.18. The molecule has 0 amide bonds. The first kappa shape index (κ1) is 73.1. The fourth-order valence-electron chi connectivity index (χ4n) is 9.83. The summed E-state index contributed by atoms with van der Waals surface area (Å²) in [4.78, 5) is 38.4. The second-order valence-corrected chi connectivity index (χ2v) is 22.4. The molecule has 0 saturated carbocycles. The molecule has 0 bridgehead atoms. The van der Waals surface area contributed by atoms with Crippen LogP contribution in [0.2, 0.25) is 0 Å². The van der Waals surface area contributed by atoms with Crippen LogP contribution in [0.3, 0.4) is 0 Å². The number of carbonyl (C=O) groups excluding carboxylic acids is 3. The minimum absolute atomic E-state index is 0.0830. The standard InChI is InChI=1S/C70H126O6/c1-4-7-10-13-16-19-22-25-28-31-33-34-35-36-38-39-42-45-48-51-54-57-60-63-69(72)75-66-67(65-74-68(71)62-59-56-53-50-47-44-41-30-27-24-21-18-15-12-9-6-3)76-70(73)64-61-58-55-52-49-46-43-40-37-32-29-26-23-20-17-14-11-8-5-2/h8,11,17,20,26,29,37,40,46,49,67H,4-7,9-10,12-16,18-19,21-25,27-28,30-36,38-39,41-45,47-48,50-66H2,1-3H3/b11-8-,20-17-,29-26-,40-37-,49-46-. The Morgan fingerprint density at radius 3 is 0.803 bits per heavy atom. The Kier molecular flexibility index (Phi) is 62.2. The van der Waals surface area contributed by atoms with E-state index in [2.05, 4.69) is 81.5 Å². The van der Waals surface area contributed by atoms with E-state index in [1.807, 2.05) is 0 Å². The summed E-state index contributed by atoms with van der Waals surface area (Å²) in [7, 11) is 0. The van der Waals surface area contributed by atoms with Crippen LogP contribution in [0.25, 0.3) is 0 Å². The predicted octanol–water partition coefficient (Wildman–Crippen LogP) is 22.7. The summed E-state index contributed by atoms with van der Waals surface area (Å²) in [5.74, 6) is -0.892. The van der Waals surface area contributed by atoms with Crippen molar-refractivity contribution < 1.29 is 28.6 Å². The Morgan fingerprint density at radius 1 is 0.276 bits per heavy atom. The zero-order valence-electron chi connectivity index (χ0n) is 50.8. The highest BCUT2D eigenvalue weighted by atomic mass is 16.6. The second-order valence-electron chi connectivity index (χ2n) is 22.4. The van der Waals surface area contributed by atoms with Crippen molar-refractivity contribution in [2.24, 2.45) is 0 Å². The molecule has 6 heteroatoms. The van der Waals surface area contributed by atoms with Crippen molar-refractivity contribution in [3.8, 4) is 0 Å². The number of esters is 3. The van der Waals surface area contributed by atoms with E-state index in [0.717, 1.165) is 96.3 Å². The number of hydrogen-bond acceptors (Lipinski definition) is 6. The third kappa shape index (κ3) is 62.0. The number of rotatable bonds is 61. The van der Waals surface area contributed by atoms with Gasteiger partial charge in [0.25, 0.3) is 0 Å². The fourth-order valence-corrected chi connectivity index (χ4v) is 9.83. The van der Waals surface area contributed by atoms with Crippen molar-refractivity contribution in [3.63, 3.8) is 0 Å². The van der Waals surface area contributed by atoms with Gasteiger partial charge >= 0.3 is 17.9 Å². The number of ether oxygens (including phenoxy) is 3. The van der Waals surface area contributed by atoms with E-state index in [-0.39, 0.29) is 31.1 Å². The van der Waals surface area contributed by atoms with Crippen LogP contribution in [0.1, 0.15) is 348 Å². The van der Waals surface area contributed by atoms with E-state index < -0.39 is 6.10 Å². The van der Waals surface area contributed by atoms with Crippen LogP contribution in [-0.4, -0.2) is 37.2 Å². The van der Waals surface area contributed by atoms with Gasteiger partial charge in [-0.2, -0.15) is 0 Å². The number of hydrogen-bond donors (Lipinski definition) is 0. The zero-order chi connectivity index (χ0) is 55.0. The largest absolute Gasteiger partial charge is 0.462 e. The van der Waals surface area contributed by atoms with Crippen molar-refractivity contribution in [1.29, 1.82) is 0 Å². The molecule has 6 nitrogen and oxygen atoms in total. The Balaban J connectivity index is 4.35. The zero-order valence-corrected chi connectivity index (χ0v) is 50.8. The third-order valence-electron chi connectivity index (χ3n) is 14.8. The summed E-state index contributed by atoms with van der Waals surface area (Å²) in [6.07, 6.45) is 82.4. The normalized spacial score (nSPS) is 12.4. The van der Waals surface area contributed by atoms with Gasteiger partial charge < -0.3 is 14.2 Å². The van der Waals surface area contributed by atoms with E-state index in [0.29, 0.717) is 19.3 Å². The quantitative estimate of drug-likeness (QED) is 0.0261. The van der Waals surface area contributed by atoms with E-state index in [1.54, 1.807) is 0 Å². The van der Waals surface area contributed by atoms with Crippen LogP contribution in [-0.2, 0) is 28.6 Å². The predicted molar refractivity (Wildman–Crippen MR) is 330 cm³/mol. The lowest BCUT2D eigenvalue weighted by atomic mass is 10.0. The van der Waals surface area contributed by atoms with Crippen molar-refractivity contribution in [3.05, 3.63) is 60.8 Å². The van der Waals surface area contributed by atoms with Crippen LogP contribution >= 0.6 is 0 Å². The molecule has 0 aromatic carbocycles. The summed E-state index contributed by atoms with van der Waals surface area (Å²) in [6.45, 7) is 6.56. The molecule has 1 atom stereocenters. The molecule has 0 saturated heterocycles. The van der Waals surface area contributed by atoms with Crippen molar-refractivity contribution in [2.75, 3.05) is 13.2 Å². The summed E-state index contributed by atoms with van der Waals surface area (Å²) in [5, 5.41) is 0. The number of unbranched alkanes of at least 4 members (excludes halogenated alkanes) is 40. The number of carbonyl (C=O) groups is 3. The molecule has 0 aromatic rings. The summed E-state index contributed by atoms with van der Waals surface area (Å²) < 4.78 is 16.9. The Morgan fingerprint density at radius 2 is 0.513 bits per heavy atom. The van der Waals surface area contributed by atoms with Gasteiger partial charge in [-0.1, -0.05) is 326 Å². The molecule has 0 aromatic heterocycles. The average molecular weight is 1060 g/mol. The van der Waals surface area contributed by atoms with E-state index >= 15 is 0 Å². The molecule has 0 heterocycles. The van der Waals surface area contributed by atoms with Gasteiger partial charge in [0.2, 0.25) is 0 Å². The molecule has 0 aliphatic heterocycles. The molecule has 1 unspecified atom stereocenters. The first-order chi connectivity index (χ1) is 37.5. The van der Waals surface area contributed by atoms with E-state index in [4.69, 9.17) is 14.2 Å². The summed E-state index contributed by atoms with van der Waals surface area (Å²) >= 11 is 0. The van der Waals surface area contributed by atoms with Crippen LogP contribution in [0.4, 0.5) is 0 Å². The lowest BCUT2D eigenvalue weighted by Crippen LogP contribution is -2.30. The van der Waals surface area contributed by atoms with E-state index in [1.165, 1.54) is 212 Å². The van der Waals surface area contributed by atoms with Crippen molar-refractivity contribution in [2.45, 2.75) is 354 Å². The highest BCUT2D eigenvalue weighted by molar-refractivity contribution is 5.71. The Hall–Kier alpha value is -2.89. The van der Waals surface area contributed by atoms with Crippen LogP contribution in [0, 0.1) is 0 Å². The Bertz CT molecular complexity index is 1360. The fraction of sp³-hybridized carbons (Fsp3) is 0.814. The highest BCUT2D eigenvalue weighted by Gasteiger charge is 2.19. The molecular formula is C70H126O6. The SMILES string of the molecule is CC/C=C\C/C=C\C/C=C\C/C=C\C/C=C\CCCCCC(=O)OC(COC(=O)CCCCCCCCCCCCCCCCCC)COC(=O)CCCCCCCCCCCCCCCCCCCCCCCCC. The number of allylic oxidation sites excluding steroid dienone is 10. The van der Waals surface area contributed by atoms with Crippen LogP contribution in [0.5, 0.6) is 0 Å². The molecule has 76 heavy (non-hydrogen) atoms. The van der Waals surface area contributed by atoms with Crippen molar-refractivity contribution in [1.82, 2.24) is 0 Å². The minimum atomic E-state index is -0.790. The second kappa shape index (κ2) is 64.6. The topological polar surface area (TPSA) is 78.9 Å². The molecule has 0 radical (unpaired) electrons. The molecule has 0 spiro atoms. The monoisotopic (exact) mass is 1060 g/mol. The van der Waals surface area contributed by atoms with Gasteiger partial charge in [-0.25, -0.2) is 0 Å². The van der Waals surface area contributed by atoms with Crippen molar-refractivity contribution >= 4 is 17.9 Å². The van der Waals surface area contributed by atoms with Gasteiger partial charge in [-0.15, -0.1) is 0 Å². The maximum Gasteiger partial charge on any atom is 0.306 e. The van der Waals surface area contributed by atoms with Gasteiger partial charge in [-0.05, 0) is 64.2 Å². The average Bonchev–Trinajstić information content (AvgIpc) is 3.42. The highest BCUT2D eigenvalue weighted by Crippen LogP contribution is 2.18. The minimum Gasteiger partial charge on any atom is -0.462 e. The molecule has 0 rings (SSSR count). The smallest absolute Gasteiger partial charge is 0.306 e. The molecule has 0 aliphatic rings. The molecule has 0 aliphatic carbocycles. The van der Waals surface area contributed by atoms with Gasteiger partial charge in [-0.3, -0.25) is 14.4 Å².